The van der Waals surface area contributed by atoms with Crippen molar-refractivity contribution in [3.8, 4) is 11.1 Å². The van der Waals surface area contributed by atoms with Crippen LogP contribution in [0.3, 0.4) is 0 Å². The summed E-state index contributed by atoms with van der Waals surface area (Å²) in [6.07, 6.45) is 0.321. The lowest BCUT2D eigenvalue weighted by Crippen LogP contribution is -1.86. The van der Waals surface area contributed by atoms with Crippen molar-refractivity contribution in [1.29, 1.82) is 0 Å². The Bertz CT molecular complexity index is 458. The van der Waals surface area contributed by atoms with Crippen LogP contribution >= 0.6 is 0 Å². The molecule has 0 unspecified atom stereocenters. The highest BCUT2D eigenvalue weighted by Gasteiger charge is 2.27. The van der Waals surface area contributed by atoms with E-state index in [0.717, 1.165) is 6.61 Å². The number of hydrogen-bond acceptors (Lipinski definition) is 1. The van der Waals surface area contributed by atoms with Crippen LogP contribution < -0.4 is 0 Å². The number of epoxide rings is 1. The van der Waals surface area contributed by atoms with Crippen molar-refractivity contribution >= 4 is 0 Å². The second-order valence-corrected chi connectivity index (χ2v) is 3.78. The first kappa shape index (κ1) is 8.69. The zero-order valence-electron chi connectivity index (χ0n) is 8.39. The second-order valence-electron chi connectivity index (χ2n) is 3.78. The molecule has 1 heteroatoms. The molecule has 1 nitrogen and oxygen atoms in total. The van der Waals surface area contributed by atoms with Gasteiger partial charge in [-0.2, -0.15) is 0 Å². The van der Waals surface area contributed by atoms with Crippen LogP contribution in [0, 0.1) is 0 Å². The lowest BCUT2D eigenvalue weighted by Gasteiger charge is -2.06. The third-order valence-electron chi connectivity index (χ3n) is 2.73. The summed E-state index contributed by atoms with van der Waals surface area (Å²) < 4.78 is 5.36. The Morgan fingerprint density at radius 1 is 0.867 bits per heavy atom. The molecule has 0 saturated carbocycles. The van der Waals surface area contributed by atoms with E-state index in [2.05, 4.69) is 48.5 Å². The first-order chi connectivity index (χ1) is 7.45. The molecule has 2 aromatic carbocycles. The molecule has 15 heavy (non-hydrogen) atoms. The van der Waals surface area contributed by atoms with Gasteiger partial charge in [0.25, 0.3) is 0 Å². The maximum absolute atomic E-state index is 5.36. The summed E-state index contributed by atoms with van der Waals surface area (Å²) in [4.78, 5) is 0. The van der Waals surface area contributed by atoms with Gasteiger partial charge >= 0.3 is 0 Å². The molecule has 1 aliphatic rings. The molecule has 1 atom stereocenters. The number of ether oxygens (including phenoxy) is 1. The molecule has 1 aliphatic heterocycles. The fraction of sp³-hybridized carbons (Fsp3) is 0.143. The molecule has 0 aliphatic carbocycles. The topological polar surface area (TPSA) is 12.5 Å². The van der Waals surface area contributed by atoms with Gasteiger partial charge < -0.3 is 4.74 Å². The monoisotopic (exact) mass is 196 g/mol. The number of hydrogen-bond donors (Lipinski definition) is 0. The summed E-state index contributed by atoms with van der Waals surface area (Å²) in [5.41, 5.74) is 3.87. The van der Waals surface area contributed by atoms with Crippen molar-refractivity contribution < 1.29 is 4.74 Å². The molecule has 2 aromatic rings. The highest BCUT2D eigenvalue weighted by atomic mass is 16.6. The molecule has 74 valence electrons. The fourth-order valence-corrected chi connectivity index (χ4v) is 1.89. The highest BCUT2D eigenvalue weighted by molar-refractivity contribution is 5.68. The van der Waals surface area contributed by atoms with E-state index < -0.39 is 0 Å². The van der Waals surface area contributed by atoms with Crippen LogP contribution in [0.5, 0.6) is 0 Å². The van der Waals surface area contributed by atoms with Crippen LogP contribution in [0.25, 0.3) is 11.1 Å². The average molecular weight is 196 g/mol. The van der Waals surface area contributed by atoms with Gasteiger partial charge in [-0.05, 0) is 16.7 Å². The van der Waals surface area contributed by atoms with Crippen molar-refractivity contribution in [3.05, 3.63) is 60.2 Å². The van der Waals surface area contributed by atoms with Gasteiger partial charge in [-0.1, -0.05) is 54.6 Å². The van der Waals surface area contributed by atoms with E-state index in [1.54, 1.807) is 0 Å². The molecular formula is C14H12O. The highest BCUT2D eigenvalue weighted by Crippen LogP contribution is 2.36. The predicted molar refractivity (Wildman–Crippen MR) is 60.6 cm³/mol. The first-order valence-electron chi connectivity index (χ1n) is 5.21. The molecule has 0 N–H and O–H groups in total. The van der Waals surface area contributed by atoms with Gasteiger partial charge in [-0.15, -0.1) is 0 Å². The standard InChI is InChI=1S/C14H12O/c1-2-6-11(7-3-1)12-8-4-5-9-13(12)14-10-15-14/h1-9,14H,10H2/t14-/m0/s1. The normalized spacial score (nSPS) is 18.8. The van der Waals surface area contributed by atoms with Crippen molar-refractivity contribution in [2.24, 2.45) is 0 Å². The molecule has 0 bridgehead atoms. The van der Waals surface area contributed by atoms with E-state index in [4.69, 9.17) is 4.74 Å². The first-order valence-corrected chi connectivity index (χ1v) is 5.21. The van der Waals surface area contributed by atoms with Gasteiger partial charge in [0.15, 0.2) is 0 Å². The molecule has 0 spiro atoms. The lowest BCUT2D eigenvalue weighted by molar-refractivity contribution is 0.416. The van der Waals surface area contributed by atoms with E-state index in [9.17, 15) is 0 Å². The van der Waals surface area contributed by atoms with Gasteiger partial charge in [-0.25, -0.2) is 0 Å². The van der Waals surface area contributed by atoms with E-state index in [1.807, 2.05) is 6.07 Å². The maximum atomic E-state index is 5.36. The van der Waals surface area contributed by atoms with Crippen molar-refractivity contribution in [2.75, 3.05) is 6.61 Å². The lowest BCUT2D eigenvalue weighted by atomic mass is 9.98. The number of rotatable bonds is 2. The van der Waals surface area contributed by atoms with E-state index in [0.29, 0.717) is 6.10 Å². The molecule has 3 rings (SSSR count). The van der Waals surface area contributed by atoms with Gasteiger partial charge in [0.05, 0.1) is 6.61 Å². The van der Waals surface area contributed by atoms with Gasteiger partial charge in [0, 0.05) is 0 Å². The zero-order chi connectivity index (χ0) is 10.1. The van der Waals surface area contributed by atoms with Crippen LogP contribution in [0.15, 0.2) is 54.6 Å². The number of benzene rings is 2. The van der Waals surface area contributed by atoms with Gasteiger partial charge in [0.1, 0.15) is 6.10 Å². The molecular weight excluding hydrogens is 184 g/mol. The van der Waals surface area contributed by atoms with Gasteiger partial charge in [0.2, 0.25) is 0 Å². The summed E-state index contributed by atoms with van der Waals surface area (Å²) in [6, 6.07) is 18.9. The molecule has 1 heterocycles. The molecule has 0 radical (unpaired) electrons. The predicted octanol–water partition coefficient (Wildman–Crippen LogP) is 3.42. The van der Waals surface area contributed by atoms with E-state index in [-0.39, 0.29) is 0 Å². The minimum Gasteiger partial charge on any atom is -0.368 e. The van der Waals surface area contributed by atoms with Crippen molar-refractivity contribution in [2.45, 2.75) is 6.10 Å². The van der Waals surface area contributed by atoms with Crippen LogP contribution in [0.2, 0.25) is 0 Å². The Morgan fingerprint density at radius 2 is 1.53 bits per heavy atom. The Morgan fingerprint density at radius 3 is 2.27 bits per heavy atom. The smallest absolute Gasteiger partial charge is 0.107 e. The Kier molecular flexibility index (Phi) is 2.04. The maximum Gasteiger partial charge on any atom is 0.107 e. The molecule has 1 saturated heterocycles. The quantitative estimate of drug-likeness (QED) is 0.670. The zero-order valence-corrected chi connectivity index (χ0v) is 8.39. The summed E-state index contributed by atoms with van der Waals surface area (Å²) in [6.45, 7) is 0.865. The molecule has 0 aromatic heterocycles. The van der Waals surface area contributed by atoms with Crippen LogP contribution in [-0.4, -0.2) is 6.61 Å². The minimum absolute atomic E-state index is 0.321. The third kappa shape index (κ3) is 1.66. The fourth-order valence-electron chi connectivity index (χ4n) is 1.89. The Balaban J connectivity index is 2.11. The molecule has 0 amide bonds. The summed E-state index contributed by atoms with van der Waals surface area (Å²) >= 11 is 0. The van der Waals surface area contributed by atoms with Crippen molar-refractivity contribution in [1.82, 2.24) is 0 Å². The largest absolute Gasteiger partial charge is 0.368 e. The Labute approximate surface area is 89.3 Å². The van der Waals surface area contributed by atoms with E-state index in [1.165, 1.54) is 16.7 Å². The summed E-state index contributed by atoms with van der Waals surface area (Å²) in [5, 5.41) is 0. The van der Waals surface area contributed by atoms with Gasteiger partial charge in [-0.3, -0.25) is 0 Å². The third-order valence-corrected chi connectivity index (χ3v) is 2.73. The SMILES string of the molecule is c1ccc(-c2ccccc2[C@@H]2CO2)cc1. The molecule has 1 fully saturated rings. The Hall–Kier alpha value is -1.60. The van der Waals surface area contributed by atoms with Crippen molar-refractivity contribution in [3.63, 3.8) is 0 Å². The van der Waals surface area contributed by atoms with Crippen LogP contribution in [0.1, 0.15) is 11.7 Å². The van der Waals surface area contributed by atoms with E-state index >= 15 is 0 Å². The minimum atomic E-state index is 0.321. The second kappa shape index (κ2) is 3.52. The summed E-state index contributed by atoms with van der Waals surface area (Å²) in [7, 11) is 0. The average Bonchev–Trinajstić information content (AvgIpc) is 3.14. The van der Waals surface area contributed by atoms with Crippen LogP contribution in [0.4, 0.5) is 0 Å². The van der Waals surface area contributed by atoms with Crippen LogP contribution in [-0.2, 0) is 4.74 Å². The summed E-state index contributed by atoms with van der Waals surface area (Å²) in [5.74, 6) is 0.